The summed E-state index contributed by atoms with van der Waals surface area (Å²) in [5.74, 6) is 0.380. The van der Waals surface area contributed by atoms with Crippen molar-refractivity contribution >= 4 is 26.0 Å². The first-order valence-corrected chi connectivity index (χ1v) is 7.93. The molecule has 1 aromatic carbocycles. The molecule has 9 heteroatoms. The van der Waals surface area contributed by atoms with E-state index in [4.69, 9.17) is 5.11 Å². The molecule has 2 aromatic rings. The number of nitrogens with zero attached hydrogens (tertiary/aromatic N) is 3. The fraction of sp³-hybridized carbons (Fsp3) is 0.273. The van der Waals surface area contributed by atoms with Crippen LogP contribution < -0.4 is 4.72 Å². The summed E-state index contributed by atoms with van der Waals surface area (Å²) in [7, 11) is -2.01. The van der Waals surface area contributed by atoms with Crippen molar-refractivity contribution in [2.24, 2.45) is 7.05 Å². The number of halogens is 1. The predicted octanol–water partition coefficient (Wildman–Crippen LogP) is 0.548. The maximum Gasteiger partial charge on any atom is 0.242 e. The van der Waals surface area contributed by atoms with E-state index >= 15 is 0 Å². The number of aromatic nitrogens is 3. The third-order valence-electron chi connectivity index (χ3n) is 2.54. The zero-order valence-corrected chi connectivity index (χ0v) is 13.0. The summed E-state index contributed by atoms with van der Waals surface area (Å²) in [5, 5.41) is 13.1. The molecule has 20 heavy (non-hydrogen) atoms. The van der Waals surface area contributed by atoms with Crippen LogP contribution in [-0.2, 0) is 30.2 Å². The van der Waals surface area contributed by atoms with Gasteiger partial charge in [-0.25, -0.2) is 18.1 Å². The molecular formula is C11H13BrN4O3S. The van der Waals surface area contributed by atoms with Crippen LogP contribution in [0.5, 0.6) is 0 Å². The van der Waals surface area contributed by atoms with E-state index in [0.29, 0.717) is 15.9 Å². The van der Waals surface area contributed by atoms with Gasteiger partial charge in [0, 0.05) is 11.5 Å². The predicted molar refractivity (Wildman–Crippen MR) is 75.1 cm³/mol. The summed E-state index contributed by atoms with van der Waals surface area (Å²) in [6.07, 6.45) is 1.49. The third kappa shape index (κ3) is 3.42. The highest BCUT2D eigenvalue weighted by Crippen LogP contribution is 2.23. The average molecular weight is 361 g/mol. The van der Waals surface area contributed by atoms with Gasteiger partial charge in [-0.2, -0.15) is 5.10 Å². The monoisotopic (exact) mass is 360 g/mol. The molecule has 0 bridgehead atoms. The highest BCUT2D eigenvalue weighted by Gasteiger charge is 2.18. The van der Waals surface area contributed by atoms with Crippen LogP contribution in [0.1, 0.15) is 11.4 Å². The molecule has 0 saturated carbocycles. The molecule has 0 aliphatic carbocycles. The third-order valence-corrected chi connectivity index (χ3v) is 4.93. The number of nitrogens with one attached hydrogen (secondary N) is 1. The molecule has 0 aliphatic heterocycles. The number of aliphatic hydroxyl groups is 1. The minimum atomic E-state index is -3.71. The Kier molecular flexibility index (Phi) is 4.53. The second kappa shape index (κ2) is 6.00. The molecule has 7 nitrogen and oxygen atoms in total. The molecule has 0 amide bonds. The number of aryl methyl sites for hydroxylation is 1. The zero-order valence-electron chi connectivity index (χ0n) is 10.6. The van der Waals surface area contributed by atoms with E-state index in [9.17, 15) is 8.42 Å². The summed E-state index contributed by atoms with van der Waals surface area (Å²) in [6, 6.07) is 4.64. The first kappa shape index (κ1) is 15.1. The average Bonchev–Trinajstić information content (AvgIpc) is 2.83. The molecule has 0 saturated heterocycles. The van der Waals surface area contributed by atoms with Crippen LogP contribution in [0.25, 0.3) is 0 Å². The second-order valence-electron chi connectivity index (χ2n) is 4.08. The molecule has 2 N–H and O–H groups in total. The Bertz CT molecular complexity index is 714. The van der Waals surface area contributed by atoms with Gasteiger partial charge in [-0.05, 0) is 33.6 Å². The molecule has 1 heterocycles. The van der Waals surface area contributed by atoms with Crippen molar-refractivity contribution in [3.05, 3.63) is 40.4 Å². The van der Waals surface area contributed by atoms with Crippen molar-refractivity contribution in [1.82, 2.24) is 19.5 Å². The lowest BCUT2D eigenvalue weighted by Gasteiger charge is -2.08. The summed E-state index contributed by atoms with van der Waals surface area (Å²) >= 11 is 3.19. The lowest BCUT2D eigenvalue weighted by atomic mass is 10.2. The Morgan fingerprint density at radius 2 is 2.20 bits per heavy atom. The Morgan fingerprint density at radius 3 is 2.80 bits per heavy atom. The molecule has 0 spiro atoms. The molecule has 0 radical (unpaired) electrons. The Hall–Kier alpha value is -1.29. The van der Waals surface area contributed by atoms with Gasteiger partial charge in [0.2, 0.25) is 10.0 Å². The van der Waals surface area contributed by atoms with Gasteiger partial charge in [0.05, 0.1) is 18.0 Å². The van der Waals surface area contributed by atoms with E-state index in [2.05, 4.69) is 30.7 Å². The van der Waals surface area contributed by atoms with Gasteiger partial charge in [0.15, 0.2) is 5.82 Å². The normalized spacial score (nSPS) is 11.8. The Morgan fingerprint density at radius 1 is 1.45 bits per heavy atom. The second-order valence-corrected chi connectivity index (χ2v) is 6.67. The van der Waals surface area contributed by atoms with Gasteiger partial charge in [-0.3, -0.25) is 4.68 Å². The fourth-order valence-corrected chi connectivity index (χ4v) is 3.55. The first-order valence-electron chi connectivity index (χ1n) is 5.66. The van der Waals surface area contributed by atoms with Crippen LogP contribution in [0.2, 0.25) is 0 Å². The standard InChI is InChI=1S/C11H13BrN4O3S/c1-16-7-13-11(15-16)5-14-20(18,19)10-4-8(6-17)2-3-9(10)12/h2-4,7,14,17H,5-6H2,1H3. The smallest absolute Gasteiger partial charge is 0.242 e. The van der Waals surface area contributed by atoms with Gasteiger partial charge in [0.1, 0.15) is 6.33 Å². The molecule has 0 aliphatic rings. The quantitative estimate of drug-likeness (QED) is 0.811. The van der Waals surface area contributed by atoms with E-state index in [1.807, 2.05) is 0 Å². The van der Waals surface area contributed by atoms with Crippen LogP contribution in [0, 0.1) is 0 Å². The van der Waals surface area contributed by atoms with Crippen molar-refractivity contribution in [2.45, 2.75) is 18.0 Å². The van der Waals surface area contributed by atoms with Gasteiger partial charge in [-0.15, -0.1) is 0 Å². The van der Waals surface area contributed by atoms with E-state index in [1.165, 1.54) is 17.1 Å². The topological polar surface area (TPSA) is 97.1 Å². The molecule has 0 atom stereocenters. The Balaban J connectivity index is 2.21. The van der Waals surface area contributed by atoms with E-state index in [0.717, 1.165) is 0 Å². The summed E-state index contributed by atoms with van der Waals surface area (Å²) in [4.78, 5) is 4.01. The van der Waals surface area contributed by atoms with Gasteiger partial charge in [0.25, 0.3) is 0 Å². The minimum absolute atomic E-state index is 0.00103. The number of sulfonamides is 1. The van der Waals surface area contributed by atoms with Crippen LogP contribution in [0.15, 0.2) is 33.9 Å². The largest absolute Gasteiger partial charge is 0.392 e. The van der Waals surface area contributed by atoms with Crippen molar-refractivity contribution in [1.29, 1.82) is 0 Å². The molecule has 1 aromatic heterocycles. The lowest BCUT2D eigenvalue weighted by molar-refractivity contribution is 0.281. The van der Waals surface area contributed by atoms with E-state index < -0.39 is 10.0 Å². The van der Waals surface area contributed by atoms with Crippen molar-refractivity contribution in [3.63, 3.8) is 0 Å². The van der Waals surface area contributed by atoms with Crippen LogP contribution in [0.3, 0.4) is 0 Å². The number of benzene rings is 1. The summed E-state index contributed by atoms with van der Waals surface area (Å²) in [6.45, 7) is -0.226. The highest BCUT2D eigenvalue weighted by atomic mass is 79.9. The van der Waals surface area contributed by atoms with Crippen LogP contribution >= 0.6 is 15.9 Å². The zero-order chi connectivity index (χ0) is 14.8. The van der Waals surface area contributed by atoms with Crippen molar-refractivity contribution in [2.75, 3.05) is 0 Å². The number of aliphatic hydroxyl groups excluding tert-OH is 1. The Labute approximate surface area is 124 Å². The number of rotatable bonds is 5. The SMILES string of the molecule is Cn1cnc(CNS(=O)(=O)c2cc(CO)ccc2Br)n1. The summed E-state index contributed by atoms with van der Waals surface area (Å²) in [5.41, 5.74) is 0.518. The number of hydrogen-bond donors (Lipinski definition) is 2. The van der Waals surface area contributed by atoms with E-state index in [-0.39, 0.29) is 18.0 Å². The molecule has 108 valence electrons. The minimum Gasteiger partial charge on any atom is -0.392 e. The van der Waals surface area contributed by atoms with Crippen LogP contribution in [-0.4, -0.2) is 28.3 Å². The van der Waals surface area contributed by atoms with Gasteiger partial charge in [-0.1, -0.05) is 6.07 Å². The van der Waals surface area contributed by atoms with Crippen molar-refractivity contribution in [3.8, 4) is 0 Å². The van der Waals surface area contributed by atoms with E-state index in [1.54, 1.807) is 19.2 Å². The maximum absolute atomic E-state index is 12.2. The summed E-state index contributed by atoms with van der Waals surface area (Å²) < 4.78 is 28.8. The van der Waals surface area contributed by atoms with Gasteiger partial charge < -0.3 is 5.11 Å². The lowest BCUT2D eigenvalue weighted by Crippen LogP contribution is -2.24. The van der Waals surface area contributed by atoms with Crippen molar-refractivity contribution < 1.29 is 13.5 Å². The molecule has 0 unspecified atom stereocenters. The van der Waals surface area contributed by atoms with Gasteiger partial charge >= 0.3 is 0 Å². The number of hydrogen-bond acceptors (Lipinski definition) is 5. The molecule has 0 fully saturated rings. The van der Waals surface area contributed by atoms with Crippen LogP contribution in [0.4, 0.5) is 0 Å². The highest BCUT2D eigenvalue weighted by molar-refractivity contribution is 9.10. The molecular weight excluding hydrogens is 348 g/mol. The fourth-order valence-electron chi connectivity index (χ4n) is 1.55. The maximum atomic E-state index is 12.2. The molecule has 2 rings (SSSR count). The first-order chi connectivity index (χ1) is 9.42.